The fourth-order valence-corrected chi connectivity index (χ4v) is 3.36. The molecule has 8 N–H and O–H groups in total. The quantitative estimate of drug-likeness (QED) is 0.180. The summed E-state index contributed by atoms with van der Waals surface area (Å²) in [7, 11) is 0. The number of amides is 3. The fraction of sp³-hybridized carbons (Fsp3) is 0.737. The molecule has 31 heavy (non-hydrogen) atoms. The van der Waals surface area contributed by atoms with E-state index in [9.17, 15) is 29.1 Å². The molecular formula is C19H33N5O7. The molecule has 0 spiro atoms. The predicted molar refractivity (Wildman–Crippen MR) is 110 cm³/mol. The monoisotopic (exact) mass is 443 g/mol. The van der Waals surface area contributed by atoms with Crippen LogP contribution in [0.25, 0.3) is 0 Å². The van der Waals surface area contributed by atoms with Gasteiger partial charge >= 0.3 is 11.9 Å². The van der Waals surface area contributed by atoms with Crippen LogP contribution in [0.5, 0.6) is 0 Å². The first-order valence-electron chi connectivity index (χ1n) is 10.4. The van der Waals surface area contributed by atoms with E-state index in [1.165, 1.54) is 11.8 Å². The summed E-state index contributed by atoms with van der Waals surface area (Å²) in [4.78, 5) is 60.9. The number of nitrogens with two attached hydrogens (primary N) is 2. The number of carboxylic acids is 2. The van der Waals surface area contributed by atoms with E-state index < -0.39 is 53.8 Å². The molecule has 1 aliphatic heterocycles. The largest absolute Gasteiger partial charge is 0.481 e. The highest BCUT2D eigenvalue weighted by atomic mass is 16.4. The van der Waals surface area contributed by atoms with Crippen molar-refractivity contribution in [3.05, 3.63) is 0 Å². The third kappa shape index (κ3) is 8.50. The third-order valence-electron chi connectivity index (χ3n) is 5.14. The number of rotatable bonds is 13. The summed E-state index contributed by atoms with van der Waals surface area (Å²) in [5.41, 5.74) is 11.1. The summed E-state index contributed by atoms with van der Waals surface area (Å²) in [6, 6.07) is -3.95. The van der Waals surface area contributed by atoms with Gasteiger partial charge in [0, 0.05) is 13.0 Å². The standard InChI is InChI=1S/C19H33N5O7/c1-11(22-16(27)12(21)7-8-15(25)26)18(29)24-10-4-6-14(24)17(28)23-13(19(30)31)5-2-3-9-20/h11-14H,2-10,20-21H2,1H3,(H,22,27)(H,23,28)(H,25,26)(H,30,31). The van der Waals surface area contributed by atoms with E-state index in [4.69, 9.17) is 16.6 Å². The number of hydrogen-bond acceptors (Lipinski definition) is 7. The highest BCUT2D eigenvalue weighted by Gasteiger charge is 2.37. The number of carbonyl (C=O) groups excluding carboxylic acids is 3. The number of nitrogens with one attached hydrogen (secondary N) is 2. The minimum atomic E-state index is -1.16. The molecule has 1 heterocycles. The van der Waals surface area contributed by atoms with Crippen molar-refractivity contribution in [2.75, 3.05) is 13.1 Å². The molecule has 0 bridgehead atoms. The molecule has 3 amide bonds. The van der Waals surface area contributed by atoms with Gasteiger partial charge in [-0.3, -0.25) is 19.2 Å². The number of unbranched alkanes of at least 4 members (excludes halogenated alkanes) is 1. The van der Waals surface area contributed by atoms with E-state index in [2.05, 4.69) is 10.6 Å². The molecule has 0 aromatic rings. The molecule has 1 fully saturated rings. The lowest BCUT2D eigenvalue weighted by molar-refractivity contribution is -0.145. The third-order valence-corrected chi connectivity index (χ3v) is 5.14. The Hall–Kier alpha value is -2.73. The maximum absolute atomic E-state index is 12.8. The average molecular weight is 444 g/mol. The minimum Gasteiger partial charge on any atom is -0.481 e. The van der Waals surface area contributed by atoms with Gasteiger partial charge in [-0.2, -0.15) is 0 Å². The molecule has 0 aliphatic carbocycles. The van der Waals surface area contributed by atoms with Crippen LogP contribution in [-0.4, -0.2) is 82.0 Å². The number of aliphatic carboxylic acids is 2. The first-order chi connectivity index (χ1) is 14.6. The minimum absolute atomic E-state index is 0.0719. The Bertz CT molecular complexity index is 672. The SMILES string of the molecule is CC(NC(=O)C(N)CCC(=O)O)C(=O)N1CCCC1C(=O)NC(CCCCN)C(=O)O. The Balaban J connectivity index is 2.68. The van der Waals surface area contributed by atoms with Gasteiger partial charge in [0.15, 0.2) is 0 Å². The number of carbonyl (C=O) groups is 5. The number of likely N-dealkylation sites (tertiary alicyclic amines) is 1. The summed E-state index contributed by atoms with van der Waals surface area (Å²) in [5.74, 6) is -3.94. The predicted octanol–water partition coefficient (Wildman–Crippen LogP) is -1.63. The lowest BCUT2D eigenvalue weighted by Crippen LogP contribution is -2.56. The van der Waals surface area contributed by atoms with Crippen LogP contribution in [0.2, 0.25) is 0 Å². The van der Waals surface area contributed by atoms with Crippen LogP contribution in [0.4, 0.5) is 0 Å². The summed E-state index contributed by atoms with van der Waals surface area (Å²) in [6.07, 6.45) is 2.02. The molecule has 1 saturated heterocycles. The Kier molecular flexibility index (Phi) is 10.9. The van der Waals surface area contributed by atoms with Gasteiger partial charge in [-0.1, -0.05) is 0 Å². The Morgan fingerprint density at radius 1 is 1.10 bits per heavy atom. The second kappa shape index (κ2) is 12.8. The summed E-state index contributed by atoms with van der Waals surface area (Å²) in [6.45, 7) is 2.17. The smallest absolute Gasteiger partial charge is 0.326 e. The zero-order chi connectivity index (χ0) is 23.6. The van der Waals surface area contributed by atoms with Crippen LogP contribution in [0.15, 0.2) is 0 Å². The summed E-state index contributed by atoms with van der Waals surface area (Å²) >= 11 is 0. The molecule has 4 atom stereocenters. The Morgan fingerprint density at radius 3 is 2.35 bits per heavy atom. The van der Waals surface area contributed by atoms with Crippen molar-refractivity contribution in [1.82, 2.24) is 15.5 Å². The number of hydrogen-bond donors (Lipinski definition) is 6. The lowest BCUT2D eigenvalue weighted by atomic mass is 10.1. The van der Waals surface area contributed by atoms with Crippen LogP contribution in [-0.2, 0) is 24.0 Å². The zero-order valence-corrected chi connectivity index (χ0v) is 17.7. The van der Waals surface area contributed by atoms with Crippen molar-refractivity contribution in [1.29, 1.82) is 0 Å². The molecule has 0 aromatic heterocycles. The van der Waals surface area contributed by atoms with Gasteiger partial charge in [-0.05, 0) is 52.0 Å². The van der Waals surface area contributed by atoms with Gasteiger partial charge < -0.3 is 37.2 Å². The number of carboxylic acid groups (broad SMARTS) is 2. The normalized spacial score (nSPS) is 18.7. The lowest BCUT2D eigenvalue weighted by Gasteiger charge is -2.28. The Morgan fingerprint density at radius 2 is 1.77 bits per heavy atom. The van der Waals surface area contributed by atoms with E-state index in [0.717, 1.165) is 0 Å². The van der Waals surface area contributed by atoms with Gasteiger partial charge in [0.25, 0.3) is 0 Å². The second-order valence-electron chi connectivity index (χ2n) is 7.64. The van der Waals surface area contributed by atoms with Crippen molar-refractivity contribution >= 4 is 29.7 Å². The molecule has 4 unspecified atom stereocenters. The van der Waals surface area contributed by atoms with Crippen molar-refractivity contribution in [2.24, 2.45) is 11.5 Å². The zero-order valence-electron chi connectivity index (χ0n) is 17.7. The van der Waals surface area contributed by atoms with Crippen LogP contribution in [0.1, 0.15) is 51.9 Å². The van der Waals surface area contributed by atoms with E-state index in [0.29, 0.717) is 38.8 Å². The maximum atomic E-state index is 12.8. The van der Waals surface area contributed by atoms with Crippen molar-refractivity contribution in [3.63, 3.8) is 0 Å². The molecule has 176 valence electrons. The molecule has 1 aliphatic rings. The van der Waals surface area contributed by atoms with Crippen LogP contribution in [0.3, 0.4) is 0 Å². The van der Waals surface area contributed by atoms with E-state index in [1.807, 2.05) is 0 Å². The van der Waals surface area contributed by atoms with Gasteiger partial charge in [0.1, 0.15) is 18.1 Å². The maximum Gasteiger partial charge on any atom is 0.326 e. The molecule has 0 aromatic carbocycles. The Labute approximate surface area is 180 Å². The van der Waals surface area contributed by atoms with E-state index >= 15 is 0 Å². The van der Waals surface area contributed by atoms with Gasteiger partial charge in [-0.15, -0.1) is 0 Å². The topological polar surface area (TPSA) is 205 Å². The molecule has 12 nitrogen and oxygen atoms in total. The summed E-state index contributed by atoms with van der Waals surface area (Å²) < 4.78 is 0. The van der Waals surface area contributed by atoms with E-state index in [-0.39, 0.29) is 19.3 Å². The van der Waals surface area contributed by atoms with Crippen molar-refractivity contribution in [2.45, 2.75) is 76.0 Å². The highest BCUT2D eigenvalue weighted by Crippen LogP contribution is 2.19. The summed E-state index contributed by atoms with van der Waals surface area (Å²) in [5, 5.41) is 22.9. The van der Waals surface area contributed by atoms with Crippen molar-refractivity contribution in [3.8, 4) is 0 Å². The fourth-order valence-electron chi connectivity index (χ4n) is 3.36. The second-order valence-corrected chi connectivity index (χ2v) is 7.64. The molecule has 1 rings (SSSR count). The van der Waals surface area contributed by atoms with Crippen LogP contribution >= 0.6 is 0 Å². The first kappa shape index (κ1) is 26.3. The van der Waals surface area contributed by atoms with Crippen LogP contribution < -0.4 is 22.1 Å². The number of nitrogens with zero attached hydrogens (tertiary/aromatic N) is 1. The highest BCUT2D eigenvalue weighted by molar-refractivity contribution is 5.94. The van der Waals surface area contributed by atoms with Crippen LogP contribution in [0, 0.1) is 0 Å². The van der Waals surface area contributed by atoms with Crippen molar-refractivity contribution < 1.29 is 34.2 Å². The molecular weight excluding hydrogens is 410 g/mol. The van der Waals surface area contributed by atoms with Gasteiger partial charge in [-0.25, -0.2) is 4.79 Å². The van der Waals surface area contributed by atoms with Gasteiger partial charge in [0.05, 0.1) is 6.04 Å². The average Bonchev–Trinajstić information content (AvgIpc) is 3.20. The van der Waals surface area contributed by atoms with E-state index in [1.54, 1.807) is 0 Å². The van der Waals surface area contributed by atoms with Gasteiger partial charge in [0.2, 0.25) is 17.7 Å². The molecule has 12 heteroatoms. The molecule has 0 saturated carbocycles. The first-order valence-corrected chi connectivity index (χ1v) is 10.4. The molecule has 0 radical (unpaired) electrons.